The maximum atomic E-state index is 13.7. The number of nitrogens with zero attached hydrogens (tertiary/aromatic N) is 1. The quantitative estimate of drug-likeness (QED) is 0.882. The van der Waals surface area contributed by atoms with Crippen LogP contribution in [0.5, 0.6) is 5.75 Å². The first-order chi connectivity index (χ1) is 8.58. The van der Waals surface area contributed by atoms with Crippen LogP contribution in [-0.4, -0.2) is 44.7 Å². The highest BCUT2D eigenvalue weighted by Gasteiger charge is 2.35. The fourth-order valence-electron chi connectivity index (χ4n) is 2.73. The van der Waals surface area contributed by atoms with Crippen LogP contribution >= 0.6 is 0 Å². The lowest BCUT2D eigenvalue weighted by Crippen LogP contribution is -2.47. The van der Waals surface area contributed by atoms with Crippen molar-refractivity contribution < 1.29 is 9.13 Å². The van der Waals surface area contributed by atoms with Crippen LogP contribution in [0.15, 0.2) is 18.2 Å². The van der Waals surface area contributed by atoms with E-state index in [-0.39, 0.29) is 11.4 Å². The summed E-state index contributed by atoms with van der Waals surface area (Å²) in [6, 6.07) is 5.22. The van der Waals surface area contributed by atoms with E-state index in [2.05, 4.69) is 17.3 Å². The highest BCUT2D eigenvalue weighted by molar-refractivity contribution is 5.30. The second-order valence-corrected chi connectivity index (χ2v) is 5.16. The second kappa shape index (κ2) is 5.24. The van der Waals surface area contributed by atoms with Gasteiger partial charge in [0.25, 0.3) is 0 Å². The van der Waals surface area contributed by atoms with Crippen molar-refractivity contribution in [2.75, 3.05) is 34.3 Å². The molecular weight excluding hydrogens is 231 g/mol. The standard InChI is InChI=1S/C14H21FN2O/c1-16-14(6-7-17(2)10-14)9-11-4-5-13(18-3)12(15)8-11/h4-5,8,16H,6-7,9-10H2,1-3H3. The van der Waals surface area contributed by atoms with E-state index in [1.807, 2.05) is 13.1 Å². The average Bonchev–Trinajstić information content (AvgIpc) is 2.72. The van der Waals surface area contributed by atoms with Crippen LogP contribution in [0, 0.1) is 5.82 Å². The largest absolute Gasteiger partial charge is 0.494 e. The van der Waals surface area contributed by atoms with Gasteiger partial charge in [0.1, 0.15) is 0 Å². The third-order valence-corrected chi connectivity index (χ3v) is 3.83. The molecule has 4 heteroatoms. The molecule has 2 rings (SSSR count). The number of ether oxygens (including phenoxy) is 1. The van der Waals surface area contributed by atoms with Crippen LogP contribution in [-0.2, 0) is 6.42 Å². The molecule has 1 aliphatic rings. The molecule has 1 atom stereocenters. The number of likely N-dealkylation sites (tertiary alicyclic amines) is 1. The summed E-state index contributed by atoms with van der Waals surface area (Å²) in [5.74, 6) is 0.0217. The Hall–Kier alpha value is -1.13. The maximum absolute atomic E-state index is 13.7. The third kappa shape index (κ3) is 2.65. The number of methoxy groups -OCH3 is 1. The third-order valence-electron chi connectivity index (χ3n) is 3.83. The number of halogens is 1. The van der Waals surface area contributed by atoms with Gasteiger partial charge in [0.2, 0.25) is 0 Å². The van der Waals surface area contributed by atoms with Crippen molar-refractivity contribution in [2.45, 2.75) is 18.4 Å². The van der Waals surface area contributed by atoms with E-state index in [0.29, 0.717) is 5.75 Å². The molecule has 1 unspecified atom stereocenters. The van der Waals surface area contributed by atoms with Gasteiger partial charge in [-0.15, -0.1) is 0 Å². The van der Waals surface area contributed by atoms with Gasteiger partial charge in [-0.05, 0) is 51.2 Å². The van der Waals surface area contributed by atoms with Crippen molar-refractivity contribution in [1.82, 2.24) is 10.2 Å². The van der Waals surface area contributed by atoms with Crippen LogP contribution in [0.1, 0.15) is 12.0 Å². The van der Waals surface area contributed by atoms with Gasteiger partial charge >= 0.3 is 0 Å². The fourth-order valence-corrected chi connectivity index (χ4v) is 2.73. The van der Waals surface area contributed by atoms with Gasteiger partial charge in [-0.1, -0.05) is 6.07 Å². The molecule has 0 aliphatic carbocycles. The van der Waals surface area contributed by atoms with Gasteiger partial charge in [-0.2, -0.15) is 0 Å². The predicted octanol–water partition coefficient (Wildman–Crippen LogP) is 1.67. The normalized spacial score (nSPS) is 24.4. The minimum atomic E-state index is -0.285. The van der Waals surface area contributed by atoms with Gasteiger partial charge in [-0.25, -0.2) is 4.39 Å². The second-order valence-electron chi connectivity index (χ2n) is 5.16. The Balaban J connectivity index is 2.15. The Morgan fingerprint density at radius 2 is 2.28 bits per heavy atom. The Morgan fingerprint density at radius 3 is 2.78 bits per heavy atom. The SMILES string of the molecule is CNC1(Cc2ccc(OC)c(F)c2)CCN(C)C1. The Labute approximate surface area is 108 Å². The van der Waals surface area contributed by atoms with Gasteiger partial charge in [-0.3, -0.25) is 0 Å². The molecule has 1 heterocycles. The van der Waals surface area contributed by atoms with Crippen LogP contribution in [0.3, 0.4) is 0 Å². The van der Waals surface area contributed by atoms with Crippen molar-refractivity contribution in [3.63, 3.8) is 0 Å². The van der Waals surface area contributed by atoms with Gasteiger partial charge in [0.15, 0.2) is 11.6 Å². The lowest BCUT2D eigenvalue weighted by atomic mass is 9.90. The lowest BCUT2D eigenvalue weighted by molar-refractivity contribution is 0.325. The maximum Gasteiger partial charge on any atom is 0.165 e. The summed E-state index contributed by atoms with van der Waals surface area (Å²) in [5, 5.41) is 3.41. The first-order valence-corrected chi connectivity index (χ1v) is 6.28. The molecule has 0 spiro atoms. The van der Waals surface area contributed by atoms with Crippen LogP contribution in [0.4, 0.5) is 4.39 Å². The molecule has 1 aromatic rings. The summed E-state index contributed by atoms with van der Waals surface area (Å²) in [4.78, 5) is 2.30. The van der Waals surface area contributed by atoms with E-state index in [1.54, 1.807) is 12.1 Å². The average molecular weight is 252 g/mol. The summed E-state index contributed by atoms with van der Waals surface area (Å²) in [6.07, 6.45) is 1.93. The van der Waals surface area contributed by atoms with E-state index in [9.17, 15) is 4.39 Å². The zero-order valence-corrected chi connectivity index (χ0v) is 11.3. The molecule has 0 aromatic heterocycles. The molecule has 1 aliphatic heterocycles. The van der Waals surface area contributed by atoms with Crippen LogP contribution < -0.4 is 10.1 Å². The molecule has 0 amide bonds. The zero-order chi connectivity index (χ0) is 13.2. The molecule has 0 saturated carbocycles. The van der Waals surface area contributed by atoms with E-state index in [0.717, 1.165) is 31.5 Å². The highest BCUT2D eigenvalue weighted by atomic mass is 19.1. The molecule has 3 nitrogen and oxygen atoms in total. The number of hydrogen-bond donors (Lipinski definition) is 1. The van der Waals surface area contributed by atoms with E-state index in [4.69, 9.17) is 4.74 Å². The molecule has 1 N–H and O–H groups in total. The van der Waals surface area contributed by atoms with E-state index < -0.39 is 0 Å². The minimum Gasteiger partial charge on any atom is -0.494 e. The number of hydrogen-bond acceptors (Lipinski definition) is 3. The van der Waals surface area contributed by atoms with Crippen LogP contribution in [0.25, 0.3) is 0 Å². The molecule has 0 bridgehead atoms. The Kier molecular flexibility index (Phi) is 3.88. The Bertz CT molecular complexity index is 424. The summed E-state index contributed by atoms with van der Waals surface area (Å²) >= 11 is 0. The number of rotatable bonds is 4. The predicted molar refractivity (Wildman–Crippen MR) is 70.6 cm³/mol. The summed E-state index contributed by atoms with van der Waals surface area (Å²) in [6.45, 7) is 2.08. The summed E-state index contributed by atoms with van der Waals surface area (Å²) in [7, 11) is 5.59. The minimum absolute atomic E-state index is 0.0653. The monoisotopic (exact) mass is 252 g/mol. The van der Waals surface area contributed by atoms with Crippen molar-refractivity contribution in [3.05, 3.63) is 29.6 Å². The molecular formula is C14H21FN2O. The van der Waals surface area contributed by atoms with Crippen molar-refractivity contribution in [2.24, 2.45) is 0 Å². The lowest BCUT2D eigenvalue weighted by Gasteiger charge is -2.29. The number of nitrogens with one attached hydrogen (secondary N) is 1. The molecule has 0 radical (unpaired) electrons. The molecule has 1 saturated heterocycles. The fraction of sp³-hybridized carbons (Fsp3) is 0.571. The first kappa shape index (κ1) is 13.3. The Morgan fingerprint density at radius 1 is 1.50 bits per heavy atom. The van der Waals surface area contributed by atoms with Crippen molar-refractivity contribution >= 4 is 0 Å². The molecule has 18 heavy (non-hydrogen) atoms. The van der Waals surface area contributed by atoms with E-state index >= 15 is 0 Å². The van der Waals surface area contributed by atoms with Crippen molar-refractivity contribution in [1.29, 1.82) is 0 Å². The molecule has 100 valence electrons. The smallest absolute Gasteiger partial charge is 0.165 e. The number of likely N-dealkylation sites (N-methyl/N-ethyl adjacent to an activating group) is 2. The topological polar surface area (TPSA) is 24.5 Å². The molecule has 1 aromatic carbocycles. The van der Waals surface area contributed by atoms with Crippen LogP contribution in [0.2, 0.25) is 0 Å². The van der Waals surface area contributed by atoms with Crippen molar-refractivity contribution in [3.8, 4) is 5.75 Å². The van der Waals surface area contributed by atoms with Gasteiger partial charge in [0, 0.05) is 12.1 Å². The highest BCUT2D eigenvalue weighted by Crippen LogP contribution is 2.26. The molecule has 1 fully saturated rings. The summed E-state index contributed by atoms with van der Waals surface area (Å²) in [5.41, 5.74) is 1.08. The first-order valence-electron chi connectivity index (χ1n) is 6.28. The summed E-state index contributed by atoms with van der Waals surface area (Å²) < 4.78 is 18.6. The van der Waals surface area contributed by atoms with Gasteiger partial charge in [0.05, 0.1) is 7.11 Å². The number of benzene rings is 1. The zero-order valence-electron chi connectivity index (χ0n) is 11.3. The van der Waals surface area contributed by atoms with E-state index in [1.165, 1.54) is 7.11 Å². The van der Waals surface area contributed by atoms with Gasteiger partial charge < -0.3 is 15.0 Å².